The molecule has 194 valence electrons. The van der Waals surface area contributed by atoms with Crippen LogP contribution in [0, 0.1) is 25.7 Å². The van der Waals surface area contributed by atoms with Crippen LogP contribution in [-0.4, -0.2) is 30.4 Å². The van der Waals surface area contributed by atoms with Gasteiger partial charge in [0.05, 0.1) is 11.2 Å². The first-order chi connectivity index (χ1) is 16.0. The molecule has 0 aromatic heterocycles. The SMILES string of the molecule is CC(C)=C(CB1OC(C)(C)C(C)(C)O1)C(=O)O[C@@H]1C[C@H](C)CC[C@H]1C(C)(C)c1cc(C)cc(C)c1. The predicted octanol–water partition coefficient (Wildman–Crippen LogP) is 7.36. The van der Waals surface area contributed by atoms with Gasteiger partial charge in [-0.3, -0.25) is 0 Å². The van der Waals surface area contributed by atoms with Gasteiger partial charge in [-0.05, 0) is 85.1 Å². The van der Waals surface area contributed by atoms with Crippen molar-refractivity contribution in [2.45, 2.75) is 124 Å². The first kappa shape index (κ1) is 28.0. The lowest BCUT2D eigenvalue weighted by Crippen LogP contribution is -2.44. The summed E-state index contributed by atoms with van der Waals surface area (Å²) in [6.45, 7) is 23.3. The third-order valence-electron chi connectivity index (χ3n) is 8.73. The molecule has 3 rings (SSSR count). The van der Waals surface area contributed by atoms with E-state index in [1.807, 2.05) is 41.5 Å². The monoisotopic (exact) mass is 482 g/mol. The number of esters is 1. The van der Waals surface area contributed by atoms with Crippen molar-refractivity contribution in [1.29, 1.82) is 0 Å². The topological polar surface area (TPSA) is 44.8 Å². The summed E-state index contributed by atoms with van der Waals surface area (Å²) in [7, 11) is -0.453. The normalized spacial score (nSPS) is 25.9. The van der Waals surface area contributed by atoms with E-state index in [2.05, 4.69) is 52.8 Å². The molecule has 1 aliphatic carbocycles. The zero-order chi connectivity index (χ0) is 26.3. The molecule has 1 saturated heterocycles. The quantitative estimate of drug-likeness (QED) is 0.241. The van der Waals surface area contributed by atoms with E-state index in [1.165, 1.54) is 16.7 Å². The van der Waals surface area contributed by atoms with Crippen LogP contribution >= 0.6 is 0 Å². The Morgan fingerprint density at radius 3 is 2.09 bits per heavy atom. The van der Waals surface area contributed by atoms with Gasteiger partial charge in [0, 0.05) is 17.8 Å². The van der Waals surface area contributed by atoms with Crippen molar-refractivity contribution in [3.8, 4) is 0 Å². The van der Waals surface area contributed by atoms with E-state index in [9.17, 15) is 4.79 Å². The largest absolute Gasteiger partial charge is 0.462 e. The Kier molecular flexibility index (Phi) is 8.04. The summed E-state index contributed by atoms with van der Waals surface area (Å²) in [4.78, 5) is 13.6. The molecule has 1 aromatic rings. The van der Waals surface area contributed by atoms with E-state index < -0.39 is 18.3 Å². The van der Waals surface area contributed by atoms with Crippen molar-refractivity contribution >= 4 is 13.1 Å². The summed E-state index contributed by atoms with van der Waals surface area (Å²) in [5, 5.41) is 0. The predicted molar refractivity (Wildman–Crippen MR) is 145 cm³/mol. The molecule has 0 unspecified atom stereocenters. The van der Waals surface area contributed by atoms with E-state index in [0.29, 0.717) is 17.8 Å². The minimum absolute atomic E-state index is 0.0985. The summed E-state index contributed by atoms with van der Waals surface area (Å²) in [5.41, 5.74) is 4.57. The van der Waals surface area contributed by atoms with Gasteiger partial charge in [0.1, 0.15) is 6.10 Å². The first-order valence-corrected chi connectivity index (χ1v) is 13.3. The number of hydrogen-bond acceptors (Lipinski definition) is 4. The standard InChI is InChI=1S/C30H47BO4/c1-19(2)24(18-31-34-29(8,9)30(10,11)35-31)27(32)33-26-17-20(3)12-13-25(26)28(6,7)23-15-21(4)14-22(5)16-23/h14-16,20,25-26H,12-13,17-18H2,1-11H3/t20-,25-,26-/m1/s1. The van der Waals surface area contributed by atoms with E-state index in [-0.39, 0.29) is 23.4 Å². The van der Waals surface area contributed by atoms with Crippen LogP contribution in [0.1, 0.15) is 98.3 Å². The maximum Gasteiger partial charge on any atom is 0.462 e. The van der Waals surface area contributed by atoms with Crippen LogP contribution in [0.25, 0.3) is 0 Å². The van der Waals surface area contributed by atoms with Gasteiger partial charge in [0.25, 0.3) is 0 Å². The van der Waals surface area contributed by atoms with Gasteiger partial charge in [-0.2, -0.15) is 0 Å². The van der Waals surface area contributed by atoms with Gasteiger partial charge < -0.3 is 14.0 Å². The second-order valence-corrected chi connectivity index (χ2v) is 12.9. The molecule has 35 heavy (non-hydrogen) atoms. The zero-order valence-corrected chi connectivity index (χ0v) is 24.0. The average molecular weight is 483 g/mol. The molecule has 4 nitrogen and oxygen atoms in total. The summed E-state index contributed by atoms with van der Waals surface area (Å²) in [5.74, 6) is 0.580. The minimum atomic E-state index is -0.453. The Bertz CT molecular complexity index is 934. The molecular weight excluding hydrogens is 435 g/mol. The van der Waals surface area contributed by atoms with Crippen molar-refractivity contribution < 1.29 is 18.8 Å². The fourth-order valence-corrected chi connectivity index (χ4v) is 5.76. The Labute approximate surface area is 214 Å². The van der Waals surface area contributed by atoms with Crippen LogP contribution in [0.5, 0.6) is 0 Å². The molecule has 1 aromatic carbocycles. The van der Waals surface area contributed by atoms with Crippen LogP contribution < -0.4 is 0 Å². The molecular formula is C30H47BO4. The second-order valence-electron chi connectivity index (χ2n) is 12.9. The number of rotatable bonds is 6. The highest BCUT2D eigenvalue weighted by Gasteiger charge is 2.51. The lowest BCUT2D eigenvalue weighted by atomic mass is 9.64. The number of hydrogen-bond donors (Lipinski definition) is 0. The van der Waals surface area contributed by atoms with Gasteiger partial charge >= 0.3 is 13.1 Å². The molecule has 0 radical (unpaired) electrons. The fraction of sp³-hybridized carbons (Fsp3) is 0.700. The molecule has 0 N–H and O–H groups in total. The smallest absolute Gasteiger partial charge is 0.459 e. The maximum atomic E-state index is 13.6. The Morgan fingerprint density at radius 2 is 1.57 bits per heavy atom. The lowest BCUT2D eigenvalue weighted by Gasteiger charge is -2.44. The van der Waals surface area contributed by atoms with Crippen molar-refractivity contribution in [2.75, 3.05) is 0 Å². The number of allylic oxidation sites excluding steroid dienone is 1. The van der Waals surface area contributed by atoms with Gasteiger partial charge in [0.15, 0.2) is 0 Å². The third-order valence-corrected chi connectivity index (χ3v) is 8.73. The molecule has 0 bridgehead atoms. The van der Waals surface area contributed by atoms with E-state index in [4.69, 9.17) is 14.0 Å². The first-order valence-electron chi connectivity index (χ1n) is 13.3. The molecule has 1 aliphatic heterocycles. The summed E-state index contributed by atoms with van der Waals surface area (Å²) >= 11 is 0. The van der Waals surface area contributed by atoms with Crippen molar-refractivity contribution in [2.24, 2.45) is 11.8 Å². The molecule has 1 heterocycles. The molecule has 0 spiro atoms. The number of carbonyl (C=O) groups is 1. The minimum Gasteiger partial charge on any atom is -0.459 e. The molecule has 2 aliphatic rings. The number of aryl methyl sites for hydroxylation is 2. The summed E-state index contributed by atoms with van der Waals surface area (Å²) < 4.78 is 18.8. The Hall–Kier alpha value is -1.59. The summed E-state index contributed by atoms with van der Waals surface area (Å²) in [6, 6.07) is 6.81. The lowest BCUT2D eigenvalue weighted by molar-refractivity contribution is -0.151. The third kappa shape index (κ3) is 6.05. The van der Waals surface area contributed by atoms with E-state index in [0.717, 1.165) is 24.8 Å². The number of ether oxygens (including phenoxy) is 1. The Balaban J connectivity index is 1.82. The molecule has 0 amide bonds. The van der Waals surface area contributed by atoms with Gasteiger partial charge in [0.2, 0.25) is 0 Å². The molecule has 2 fully saturated rings. The molecule has 3 atom stereocenters. The number of benzene rings is 1. The van der Waals surface area contributed by atoms with Crippen molar-refractivity contribution in [1.82, 2.24) is 0 Å². The number of carbonyl (C=O) groups excluding carboxylic acids is 1. The van der Waals surface area contributed by atoms with Crippen LogP contribution in [-0.2, 0) is 24.3 Å². The zero-order valence-electron chi connectivity index (χ0n) is 24.0. The average Bonchev–Trinajstić information content (AvgIpc) is 2.91. The highest BCUT2D eigenvalue weighted by Crippen LogP contribution is 2.45. The van der Waals surface area contributed by atoms with Gasteiger partial charge in [-0.15, -0.1) is 0 Å². The van der Waals surface area contributed by atoms with Crippen molar-refractivity contribution in [3.05, 3.63) is 46.0 Å². The molecule has 5 heteroatoms. The van der Waals surface area contributed by atoms with E-state index in [1.54, 1.807) is 0 Å². The second kappa shape index (κ2) is 10.1. The van der Waals surface area contributed by atoms with Crippen LogP contribution in [0.2, 0.25) is 6.32 Å². The van der Waals surface area contributed by atoms with Crippen LogP contribution in [0.3, 0.4) is 0 Å². The Morgan fingerprint density at radius 1 is 1.03 bits per heavy atom. The van der Waals surface area contributed by atoms with Crippen LogP contribution in [0.4, 0.5) is 0 Å². The molecule has 1 saturated carbocycles. The van der Waals surface area contributed by atoms with Gasteiger partial charge in [-0.1, -0.05) is 62.1 Å². The highest BCUT2D eigenvalue weighted by molar-refractivity contribution is 6.47. The highest BCUT2D eigenvalue weighted by atomic mass is 16.7. The van der Waals surface area contributed by atoms with Crippen LogP contribution in [0.15, 0.2) is 29.3 Å². The van der Waals surface area contributed by atoms with Gasteiger partial charge in [-0.25, -0.2) is 4.79 Å². The van der Waals surface area contributed by atoms with E-state index >= 15 is 0 Å². The fourth-order valence-electron chi connectivity index (χ4n) is 5.76. The maximum absolute atomic E-state index is 13.6. The van der Waals surface area contributed by atoms with Crippen molar-refractivity contribution in [3.63, 3.8) is 0 Å². The summed E-state index contributed by atoms with van der Waals surface area (Å²) in [6.07, 6.45) is 3.41.